The largest absolute Gasteiger partial charge is 0.490 e. The monoisotopic (exact) mass is 540 g/mol. The normalized spacial score (nSPS) is 19.7. The highest BCUT2D eigenvalue weighted by Gasteiger charge is 2.38. The lowest BCUT2D eigenvalue weighted by Crippen LogP contribution is -2.29. The highest BCUT2D eigenvalue weighted by Crippen LogP contribution is 2.51. The van der Waals surface area contributed by atoms with Crippen molar-refractivity contribution in [1.29, 1.82) is 0 Å². The molecule has 6 rings (SSSR count). The molecule has 2 N–H and O–H groups in total. The number of hydrogen-bond acceptors (Lipinski definition) is 5. The van der Waals surface area contributed by atoms with Crippen molar-refractivity contribution in [2.75, 3.05) is 23.3 Å². The Balaban J connectivity index is 1.33. The Labute approximate surface area is 229 Å². The number of rotatable bonds is 8. The molecule has 200 valence electrons. The van der Waals surface area contributed by atoms with Gasteiger partial charge in [-0.3, -0.25) is 4.72 Å². The second-order valence-electron chi connectivity index (χ2n) is 9.93. The second-order valence-corrected chi connectivity index (χ2v) is 11.6. The van der Waals surface area contributed by atoms with Crippen LogP contribution in [0.1, 0.15) is 43.4 Å². The molecule has 3 atom stereocenters. The molecule has 0 amide bonds. The van der Waals surface area contributed by atoms with Crippen LogP contribution in [-0.4, -0.2) is 21.6 Å². The van der Waals surface area contributed by atoms with Gasteiger partial charge >= 0.3 is 0 Å². The maximum absolute atomic E-state index is 13.5. The minimum absolute atomic E-state index is 0.0589. The van der Waals surface area contributed by atoms with E-state index in [0.717, 1.165) is 45.5 Å². The molecule has 2 aliphatic rings. The molecule has 4 aromatic carbocycles. The van der Waals surface area contributed by atoms with Crippen molar-refractivity contribution >= 4 is 32.2 Å². The fourth-order valence-electron chi connectivity index (χ4n) is 5.85. The number of benzene rings is 4. The molecule has 1 aliphatic carbocycles. The Bertz CT molecular complexity index is 1660. The van der Waals surface area contributed by atoms with Gasteiger partial charge in [-0.2, -0.15) is 0 Å². The highest BCUT2D eigenvalue weighted by molar-refractivity contribution is 7.92. The number of anilines is 2. The summed E-state index contributed by atoms with van der Waals surface area (Å²) in [6, 6.07) is 25.0. The van der Waals surface area contributed by atoms with Crippen molar-refractivity contribution < 1.29 is 17.9 Å². The zero-order chi connectivity index (χ0) is 27.0. The fourth-order valence-corrected chi connectivity index (χ4v) is 6.96. The van der Waals surface area contributed by atoms with E-state index in [0.29, 0.717) is 18.9 Å². The topological polar surface area (TPSA) is 76.7 Å². The standard InChI is InChI=1S/C32H32N2O4S/c1-3-37-30-18-15-22(19-31(30)38-4-2)32-26-13-8-12-25(26)27-20-23(16-17-28(27)33-32)39(35,36)34-29-14-7-10-21-9-5-6-11-24(21)29/h5-12,14-20,25-26,32-34H,3-4,13H2,1-2H3/t25-,26+,32+/m0/s1. The number of allylic oxidation sites excluding steroid dienone is 2. The van der Waals surface area contributed by atoms with Crippen LogP contribution in [0.15, 0.2) is 95.9 Å². The number of hydrogen-bond donors (Lipinski definition) is 2. The summed E-state index contributed by atoms with van der Waals surface area (Å²) < 4.78 is 41.5. The first kappa shape index (κ1) is 25.3. The van der Waals surface area contributed by atoms with Crippen molar-refractivity contribution in [2.45, 2.75) is 37.1 Å². The predicted molar refractivity (Wildman–Crippen MR) is 156 cm³/mol. The summed E-state index contributed by atoms with van der Waals surface area (Å²) in [6.07, 6.45) is 5.32. The Morgan fingerprint density at radius 3 is 2.54 bits per heavy atom. The van der Waals surface area contributed by atoms with Crippen LogP contribution in [0.4, 0.5) is 11.4 Å². The van der Waals surface area contributed by atoms with E-state index in [4.69, 9.17) is 9.47 Å². The zero-order valence-corrected chi connectivity index (χ0v) is 22.9. The van der Waals surface area contributed by atoms with Crippen molar-refractivity contribution in [3.63, 3.8) is 0 Å². The van der Waals surface area contributed by atoms with Crippen LogP contribution in [0.3, 0.4) is 0 Å². The van der Waals surface area contributed by atoms with Crippen molar-refractivity contribution in [1.82, 2.24) is 0 Å². The number of fused-ring (bicyclic) bond motifs is 4. The third-order valence-corrected chi connectivity index (χ3v) is 8.97. The lowest BCUT2D eigenvalue weighted by atomic mass is 9.77. The first-order valence-electron chi connectivity index (χ1n) is 13.5. The lowest BCUT2D eigenvalue weighted by Gasteiger charge is -2.38. The van der Waals surface area contributed by atoms with Gasteiger partial charge in [0.15, 0.2) is 11.5 Å². The van der Waals surface area contributed by atoms with E-state index in [2.05, 4.69) is 34.3 Å². The quantitative estimate of drug-likeness (QED) is 0.230. The number of ether oxygens (including phenoxy) is 2. The third kappa shape index (κ3) is 4.72. The van der Waals surface area contributed by atoms with Crippen LogP contribution < -0.4 is 19.5 Å². The van der Waals surface area contributed by atoms with Crippen LogP contribution in [0.2, 0.25) is 0 Å². The van der Waals surface area contributed by atoms with E-state index in [9.17, 15) is 8.42 Å². The van der Waals surface area contributed by atoms with Crippen molar-refractivity contribution in [3.8, 4) is 11.5 Å². The zero-order valence-electron chi connectivity index (χ0n) is 22.1. The molecular weight excluding hydrogens is 508 g/mol. The maximum atomic E-state index is 13.5. The fraction of sp³-hybridized carbons (Fsp3) is 0.250. The predicted octanol–water partition coefficient (Wildman–Crippen LogP) is 7.26. The van der Waals surface area contributed by atoms with E-state index in [-0.39, 0.29) is 22.8 Å². The van der Waals surface area contributed by atoms with Crippen LogP contribution in [0.5, 0.6) is 11.5 Å². The first-order chi connectivity index (χ1) is 19.0. The average molecular weight is 541 g/mol. The summed E-state index contributed by atoms with van der Waals surface area (Å²) in [5, 5.41) is 5.56. The maximum Gasteiger partial charge on any atom is 0.261 e. The SMILES string of the molecule is CCOc1ccc([C@H]2Nc3ccc(S(=O)(=O)Nc4cccc5ccccc45)cc3[C@H]3C=CC[C@H]32)cc1OCC. The molecule has 0 aromatic heterocycles. The summed E-state index contributed by atoms with van der Waals surface area (Å²) >= 11 is 0. The molecule has 0 saturated carbocycles. The van der Waals surface area contributed by atoms with Gasteiger partial charge in [-0.05, 0) is 79.1 Å². The van der Waals surface area contributed by atoms with Crippen LogP contribution >= 0.6 is 0 Å². The van der Waals surface area contributed by atoms with Gasteiger partial charge in [0.05, 0.1) is 29.8 Å². The van der Waals surface area contributed by atoms with Crippen LogP contribution in [0.25, 0.3) is 10.8 Å². The van der Waals surface area contributed by atoms with Gasteiger partial charge in [0.2, 0.25) is 0 Å². The smallest absolute Gasteiger partial charge is 0.261 e. The van der Waals surface area contributed by atoms with Gasteiger partial charge in [0, 0.05) is 17.0 Å². The molecule has 0 unspecified atom stereocenters. The molecule has 0 spiro atoms. The van der Waals surface area contributed by atoms with Gasteiger partial charge in [-0.15, -0.1) is 0 Å². The van der Waals surface area contributed by atoms with Crippen molar-refractivity contribution in [3.05, 3.63) is 102 Å². The van der Waals surface area contributed by atoms with Crippen LogP contribution in [-0.2, 0) is 10.0 Å². The van der Waals surface area contributed by atoms with E-state index in [1.54, 1.807) is 12.1 Å². The van der Waals surface area contributed by atoms with Gasteiger partial charge in [0.1, 0.15) is 0 Å². The minimum atomic E-state index is -3.79. The molecule has 39 heavy (non-hydrogen) atoms. The second kappa shape index (κ2) is 10.3. The third-order valence-electron chi connectivity index (χ3n) is 7.61. The number of sulfonamides is 1. The molecule has 7 heteroatoms. The Hall–Kier alpha value is -3.97. The summed E-state index contributed by atoms with van der Waals surface area (Å²) in [4.78, 5) is 0.258. The average Bonchev–Trinajstić information content (AvgIpc) is 3.44. The Morgan fingerprint density at radius 1 is 0.897 bits per heavy atom. The first-order valence-corrected chi connectivity index (χ1v) is 14.9. The number of nitrogens with one attached hydrogen (secondary N) is 2. The molecule has 1 heterocycles. The molecule has 1 aliphatic heterocycles. The molecule has 0 radical (unpaired) electrons. The Morgan fingerprint density at radius 2 is 1.69 bits per heavy atom. The minimum Gasteiger partial charge on any atom is -0.490 e. The summed E-state index contributed by atoms with van der Waals surface area (Å²) in [7, 11) is -3.79. The van der Waals surface area contributed by atoms with Gasteiger partial charge in [0.25, 0.3) is 10.0 Å². The molecule has 4 aromatic rings. The van der Waals surface area contributed by atoms with E-state index < -0.39 is 10.0 Å². The molecular formula is C32H32N2O4S. The Kier molecular flexibility index (Phi) is 6.69. The van der Waals surface area contributed by atoms with Gasteiger partial charge < -0.3 is 14.8 Å². The molecule has 0 bridgehead atoms. The molecule has 0 saturated heterocycles. The van der Waals surface area contributed by atoms with E-state index in [1.807, 2.05) is 68.4 Å². The van der Waals surface area contributed by atoms with E-state index >= 15 is 0 Å². The van der Waals surface area contributed by atoms with Crippen molar-refractivity contribution in [2.24, 2.45) is 5.92 Å². The molecule has 6 nitrogen and oxygen atoms in total. The molecule has 0 fully saturated rings. The summed E-state index contributed by atoms with van der Waals surface area (Å²) in [5.41, 5.74) is 3.65. The van der Waals surface area contributed by atoms with Gasteiger partial charge in [-0.25, -0.2) is 8.42 Å². The van der Waals surface area contributed by atoms with Crippen LogP contribution in [0, 0.1) is 5.92 Å². The summed E-state index contributed by atoms with van der Waals surface area (Å²) in [6.45, 7) is 5.06. The summed E-state index contributed by atoms with van der Waals surface area (Å²) in [5.74, 6) is 1.86. The highest BCUT2D eigenvalue weighted by atomic mass is 32.2. The van der Waals surface area contributed by atoms with Gasteiger partial charge in [-0.1, -0.05) is 54.6 Å². The van der Waals surface area contributed by atoms with E-state index in [1.165, 1.54) is 0 Å². The lowest BCUT2D eigenvalue weighted by molar-refractivity contribution is 0.287.